The summed E-state index contributed by atoms with van der Waals surface area (Å²) in [7, 11) is 1.62. The molecule has 0 unspecified atom stereocenters. The van der Waals surface area contributed by atoms with Gasteiger partial charge in [0.25, 0.3) is 0 Å². The average Bonchev–Trinajstić information content (AvgIpc) is 1.37. The maximum atomic E-state index is 4.43. The van der Waals surface area contributed by atoms with Crippen molar-refractivity contribution in [2.24, 2.45) is 0 Å². The van der Waals surface area contributed by atoms with Crippen molar-refractivity contribution in [3.8, 4) is 0 Å². The first-order chi connectivity index (χ1) is 1.91. The van der Waals surface area contributed by atoms with Gasteiger partial charge in [-0.05, 0) is 0 Å². The van der Waals surface area contributed by atoms with Crippen molar-refractivity contribution in [1.82, 2.24) is 0 Å². The Morgan fingerprint density at radius 2 is 1.83 bits per heavy atom. The molecule has 34 valence electrons. The molecule has 0 bridgehead atoms. The third kappa shape index (κ3) is 18.0. The molecule has 3 heteroatoms. The zero-order chi connectivity index (χ0) is 3.41. The van der Waals surface area contributed by atoms with E-state index in [2.05, 4.69) is 11.7 Å². The Kier molecular flexibility index (Phi) is 42.0. The molecule has 0 saturated heterocycles. The molecule has 0 aliphatic rings. The van der Waals surface area contributed by atoms with Gasteiger partial charge in [-0.1, -0.05) is 6.61 Å². The van der Waals surface area contributed by atoms with E-state index < -0.39 is 0 Å². The molecule has 0 aliphatic heterocycles. The summed E-state index contributed by atoms with van der Waals surface area (Å²) in [5.74, 6) is 0. The first-order valence-electron chi connectivity index (χ1n) is 1.20. The van der Waals surface area contributed by atoms with Crippen molar-refractivity contribution in [2.75, 3.05) is 13.7 Å². The number of halogens is 1. The fraction of sp³-hybridized carbons (Fsp3) is 0.667. The van der Waals surface area contributed by atoms with Gasteiger partial charge in [-0.25, -0.2) is 0 Å². The number of hydrogen-bond acceptors (Lipinski definition) is 1. The summed E-state index contributed by atoms with van der Waals surface area (Å²) in [5, 5.41) is 0. The maximum Gasteiger partial charge on any atom is 2.00 e. The molecular weight excluding hydrogens is 203 g/mol. The van der Waals surface area contributed by atoms with E-state index in [4.69, 9.17) is 0 Å². The van der Waals surface area contributed by atoms with E-state index in [0.29, 0.717) is 6.61 Å². The zero-order valence-electron chi connectivity index (χ0n) is 3.91. The molecule has 6 heavy (non-hydrogen) atoms. The second kappa shape index (κ2) is 16.1. The predicted molar refractivity (Wildman–Crippen MR) is 23.0 cm³/mol. The van der Waals surface area contributed by atoms with Crippen LogP contribution in [0.5, 0.6) is 0 Å². The van der Waals surface area contributed by atoms with Crippen molar-refractivity contribution in [3.63, 3.8) is 0 Å². The van der Waals surface area contributed by atoms with Gasteiger partial charge in [0.05, 0.1) is 0 Å². The molecule has 0 N–H and O–H groups in total. The number of ether oxygens (including phenoxy) is 1. The molecule has 0 saturated carbocycles. The van der Waals surface area contributed by atoms with Crippen molar-refractivity contribution in [2.45, 2.75) is 0 Å². The summed E-state index contributed by atoms with van der Waals surface area (Å²) in [6, 6.07) is 0. The van der Waals surface area contributed by atoms with Crippen LogP contribution in [0.15, 0.2) is 0 Å². The van der Waals surface area contributed by atoms with E-state index in [1.807, 2.05) is 0 Å². The first kappa shape index (κ1) is 15.7. The second-order valence-corrected chi connectivity index (χ2v) is 0.493. The molecule has 1 nitrogen and oxygen atoms in total. The van der Waals surface area contributed by atoms with Crippen LogP contribution in [0.2, 0.25) is 0 Å². The van der Waals surface area contributed by atoms with Gasteiger partial charge in [0.15, 0.2) is 0 Å². The predicted octanol–water partition coefficient (Wildman–Crippen LogP) is -2.91. The SMILES string of the molecule is [CH2-]COC.[I-].[Mg+2]. The third-order valence-corrected chi connectivity index (χ3v) is 0.204. The molecule has 0 radical (unpaired) electrons. The monoisotopic (exact) mass is 210 g/mol. The summed E-state index contributed by atoms with van der Waals surface area (Å²) in [5.41, 5.74) is 0. The fourth-order valence-electron chi connectivity index (χ4n) is 0. The van der Waals surface area contributed by atoms with Crippen LogP contribution in [-0.4, -0.2) is 36.8 Å². The zero-order valence-corrected chi connectivity index (χ0v) is 7.48. The summed E-state index contributed by atoms with van der Waals surface area (Å²) in [6.07, 6.45) is 0. The number of methoxy groups -OCH3 is 1. The van der Waals surface area contributed by atoms with Gasteiger partial charge in [-0.2, -0.15) is 0 Å². The molecule has 0 aromatic heterocycles. The molecule has 0 heterocycles. The minimum absolute atomic E-state index is 0. The Balaban J connectivity index is -0.0000000450. The Hall–Kier alpha value is 1.46. The molecule has 0 aromatic rings. The Labute approximate surface area is 72.0 Å². The fourth-order valence-corrected chi connectivity index (χ4v) is 0. The van der Waals surface area contributed by atoms with Crippen LogP contribution < -0.4 is 24.0 Å². The van der Waals surface area contributed by atoms with Gasteiger partial charge >= 0.3 is 23.1 Å². The van der Waals surface area contributed by atoms with Crippen LogP contribution in [0.4, 0.5) is 0 Å². The largest absolute Gasteiger partial charge is 2.00 e. The summed E-state index contributed by atoms with van der Waals surface area (Å²) >= 11 is 0. The van der Waals surface area contributed by atoms with Gasteiger partial charge in [-0.15, -0.1) is 0 Å². The van der Waals surface area contributed by atoms with E-state index in [0.717, 1.165) is 0 Å². The van der Waals surface area contributed by atoms with Crippen molar-refractivity contribution in [3.05, 3.63) is 6.92 Å². The number of hydrogen-bond donors (Lipinski definition) is 0. The van der Waals surface area contributed by atoms with E-state index in [9.17, 15) is 0 Å². The van der Waals surface area contributed by atoms with Gasteiger partial charge in [0.2, 0.25) is 0 Å². The van der Waals surface area contributed by atoms with Gasteiger partial charge < -0.3 is 35.6 Å². The third-order valence-electron chi connectivity index (χ3n) is 0.204. The van der Waals surface area contributed by atoms with Gasteiger partial charge in [-0.3, -0.25) is 0 Å². The van der Waals surface area contributed by atoms with Crippen LogP contribution >= 0.6 is 0 Å². The minimum Gasteiger partial charge on any atom is -1.00 e. The first-order valence-corrected chi connectivity index (χ1v) is 1.20. The van der Waals surface area contributed by atoms with Crippen LogP contribution in [0.3, 0.4) is 0 Å². The van der Waals surface area contributed by atoms with E-state index >= 15 is 0 Å². The normalized spacial score (nSPS) is 5.00. The Bertz CT molecular complexity index is 12.8. The molecule has 0 rings (SSSR count). The van der Waals surface area contributed by atoms with E-state index in [1.165, 1.54) is 0 Å². The van der Waals surface area contributed by atoms with Crippen LogP contribution in [0.25, 0.3) is 0 Å². The van der Waals surface area contributed by atoms with Crippen molar-refractivity contribution < 1.29 is 28.7 Å². The Morgan fingerprint density at radius 3 is 1.83 bits per heavy atom. The maximum absolute atomic E-state index is 4.43. The average molecular weight is 210 g/mol. The van der Waals surface area contributed by atoms with E-state index in [1.54, 1.807) is 7.11 Å². The summed E-state index contributed by atoms with van der Waals surface area (Å²) in [6.45, 7) is 3.95. The topological polar surface area (TPSA) is 9.23 Å². The molecule has 0 aromatic carbocycles. The van der Waals surface area contributed by atoms with Gasteiger partial charge in [0.1, 0.15) is 0 Å². The standard InChI is InChI=1S/C3H7O.HI.Mg/c1-3-4-2;;/h1,3H2,2H3;1H;/q-1;;+2/p-1. The minimum atomic E-state index is 0. The van der Waals surface area contributed by atoms with Crippen molar-refractivity contribution >= 4 is 23.1 Å². The smallest absolute Gasteiger partial charge is 1.00 e. The van der Waals surface area contributed by atoms with Crippen LogP contribution in [0.1, 0.15) is 0 Å². The van der Waals surface area contributed by atoms with Crippen molar-refractivity contribution in [1.29, 1.82) is 0 Å². The number of rotatable bonds is 1. The molecule has 0 aliphatic carbocycles. The quantitative estimate of drug-likeness (QED) is 0.256. The molecule has 0 atom stereocenters. The van der Waals surface area contributed by atoms with Gasteiger partial charge in [0, 0.05) is 7.11 Å². The van der Waals surface area contributed by atoms with Crippen LogP contribution in [0, 0.1) is 6.92 Å². The summed E-state index contributed by atoms with van der Waals surface area (Å²) in [4.78, 5) is 0. The molecular formula is C3H7IMgO. The second-order valence-electron chi connectivity index (χ2n) is 0.493. The van der Waals surface area contributed by atoms with Crippen LogP contribution in [-0.2, 0) is 4.74 Å². The molecule has 0 amide bonds. The molecule has 0 spiro atoms. The Morgan fingerprint density at radius 1 is 1.67 bits per heavy atom. The van der Waals surface area contributed by atoms with E-state index in [-0.39, 0.29) is 47.0 Å². The summed E-state index contributed by atoms with van der Waals surface area (Å²) < 4.78 is 4.43. The molecule has 0 fully saturated rings.